The molecule has 0 aromatic heterocycles. The predicted octanol–water partition coefficient (Wildman–Crippen LogP) is 7.60. The molecule has 4 heteroatoms. The minimum atomic E-state index is -0.611. The second-order valence-electron chi connectivity index (χ2n) is 8.71. The van der Waals surface area contributed by atoms with Gasteiger partial charge in [-0.2, -0.15) is 0 Å². The van der Waals surface area contributed by atoms with E-state index in [0.717, 1.165) is 16.0 Å². The van der Waals surface area contributed by atoms with Crippen molar-refractivity contribution in [1.82, 2.24) is 0 Å². The number of nitrogens with zero attached hydrogens (tertiary/aromatic N) is 1. The summed E-state index contributed by atoms with van der Waals surface area (Å²) < 4.78 is 0. The van der Waals surface area contributed by atoms with Crippen molar-refractivity contribution in [3.63, 3.8) is 0 Å². The van der Waals surface area contributed by atoms with E-state index < -0.39 is 11.1 Å². The minimum Gasteiger partial charge on any atom is -0.269 e. The number of thiol groups is 1. The van der Waals surface area contributed by atoms with Gasteiger partial charge in [0.2, 0.25) is 0 Å². The first-order valence-electron chi connectivity index (χ1n) is 10.7. The average Bonchev–Trinajstić information content (AvgIpc) is 2.67. The van der Waals surface area contributed by atoms with Crippen molar-refractivity contribution in [3.05, 3.63) is 89.1 Å². The van der Waals surface area contributed by atoms with Crippen LogP contribution in [0.4, 0.5) is 10.5 Å². The second-order valence-corrected chi connectivity index (χ2v) is 9.10. The van der Waals surface area contributed by atoms with Crippen LogP contribution in [0.15, 0.2) is 89.1 Å². The standard InChI is InChI=1S/C27H33NO2S/c1-20(16-17-24-22(3)13-10-18-27(24,4)5)11-9-12-21(2)19-25(29)28(26(30)31)23-14-7-6-8-15-23/h6-9,11-12,14-17,19H,10,13,18H2,1-5H3,(H,30,31). The van der Waals surface area contributed by atoms with Gasteiger partial charge in [-0.1, -0.05) is 86.2 Å². The van der Waals surface area contributed by atoms with Gasteiger partial charge in [0.25, 0.3) is 11.1 Å². The van der Waals surface area contributed by atoms with Crippen LogP contribution in [-0.4, -0.2) is 11.1 Å². The smallest absolute Gasteiger partial charge is 0.269 e. The molecule has 2 amide bonds. The van der Waals surface area contributed by atoms with Crippen molar-refractivity contribution in [2.75, 3.05) is 4.90 Å². The normalized spacial score (nSPS) is 17.5. The highest BCUT2D eigenvalue weighted by atomic mass is 32.1. The highest BCUT2D eigenvalue weighted by Gasteiger charge is 2.26. The third-order valence-corrected chi connectivity index (χ3v) is 5.75. The van der Waals surface area contributed by atoms with Crippen LogP contribution in [-0.2, 0) is 4.79 Å². The summed E-state index contributed by atoms with van der Waals surface area (Å²) in [5, 5.41) is -0.611. The van der Waals surface area contributed by atoms with Crippen LogP contribution < -0.4 is 4.90 Å². The van der Waals surface area contributed by atoms with Gasteiger partial charge >= 0.3 is 0 Å². The van der Waals surface area contributed by atoms with Crippen LogP contribution >= 0.6 is 12.6 Å². The summed E-state index contributed by atoms with van der Waals surface area (Å²) in [7, 11) is 0. The van der Waals surface area contributed by atoms with E-state index in [2.05, 4.69) is 52.5 Å². The lowest BCUT2D eigenvalue weighted by molar-refractivity contribution is -0.113. The molecular weight excluding hydrogens is 402 g/mol. The van der Waals surface area contributed by atoms with Gasteiger partial charge < -0.3 is 0 Å². The summed E-state index contributed by atoms with van der Waals surface area (Å²) in [4.78, 5) is 25.5. The molecule has 1 aromatic carbocycles. The zero-order valence-corrected chi connectivity index (χ0v) is 20.1. The Morgan fingerprint density at radius 3 is 2.35 bits per heavy atom. The number of hydrogen-bond acceptors (Lipinski definition) is 2. The molecule has 0 fully saturated rings. The average molecular weight is 436 g/mol. The fraction of sp³-hybridized carbons (Fsp3) is 0.333. The number of benzene rings is 1. The number of para-hydroxylation sites is 1. The van der Waals surface area contributed by atoms with Gasteiger partial charge in [0.15, 0.2) is 0 Å². The van der Waals surface area contributed by atoms with Crippen LogP contribution in [0.1, 0.15) is 53.9 Å². The Bertz CT molecular complexity index is 962. The number of imide groups is 1. The van der Waals surface area contributed by atoms with Crippen LogP contribution in [0, 0.1) is 5.41 Å². The highest BCUT2D eigenvalue weighted by molar-refractivity contribution is 7.97. The lowest BCUT2D eigenvalue weighted by atomic mass is 9.72. The van der Waals surface area contributed by atoms with E-state index in [4.69, 9.17) is 0 Å². The first-order valence-corrected chi connectivity index (χ1v) is 11.1. The number of carbonyl (C=O) groups is 2. The minimum absolute atomic E-state index is 0.226. The Morgan fingerprint density at radius 2 is 1.74 bits per heavy atom. The molecule has 0 radical (unpaired) electrons. The Labute approximate surface area is 192 Å². The van der Waals surface area contributed by atoms with Gasteiger partial charge in [-0.05, 0) is 68.7 Å². The van der Waals surface area contributed by atoms with Crippen molar-refractivity contribution in [2.45, 2.75) is 53.9 Å². The summed E-state index contributed by atoms with van der Waals surface area (Å²) in [5.41, 5.74) is 5.53. The third kappa shape index (κ3) is 7.25. The summed E-state index contributed by atoms with van der Waals surface area (Å²) in [6.07, 6.45) is 15.3. The zero-order valence-electron chi connectivity index (χ0n) is 19.2. The van der Waals surface area contributed by atoms with E-state index >= 15 is 0 Å². The molecule has 0 heterocycles. The van der Waals surface area contributed by atoms with Gasteiger partial charge in [0.05, 0.1) is 5.69 Å². The molecule has 0 N–H and O–H groups in total. The van der Waals surface area contributed by atoms with Crippen molar-refractivity contribution >= 4 is 29.5 Å². The molecule has 1 aromatic rings. The fourth-order valence-electron chi connectivity index (χ4n) is 3.85. The predicted molar refractivity (Wildman–Crippen MR) is 134 cm³/mol. The summed E-state index contributed by atoms with van der Waals surface area (Å²) in [6, 6.07) is 8.78. The van der Waals surface area contributed by atoms with Gasteiger partial charge in [-0.25, -0.2) is 4.90 Å². The number of rotatable bonds is 6. The van der Waals surface area contributed by atoms with Crippen LogP contribution in [0.5, 0.6) is 0 Å². The van der Waals surface area contributed by atoms with Crippen molar-refractivity contribution in [1.29, 1.82) is 0 Å². The SMILES string of the molecule is CC(C=CC1=C(C)CCCC1(C)C)=CC=CC(C)=CC(=O)N(C(=O)S)c1ccccc1. The molecule has 0 saturated carbocycles. The number of hydrogen-bond donors (Lipinski definition) is 1. The molecule has 0 spiro atoms. The number of anilines is 1. The summed E-state index contributed by atoms with van der Waals surface area (Å²) >= 11 is 3.85. The maximum atomic E-state index is 12.6. The Kier molecular flexibility index (Phi) is 8.88. The van der Waals surface area contributed by atoms with Crippen molar-refractivity contribution < 1.29 is 9.59 Å². The van der Waals surface area contributed by atoms with Gasteiger partial charge in [0.1, 0.15) is 0 Å². The Morgan fingerprint density at radius 1 is 1.06 bits per heavy atom. The maximum absolute atomic E-state index is 12.6. The van der Waals surface area contributed by atoms with E-state index in [1.807, 2.05) is 31.2 Å². The molecule has 1 aliphatic carbocycles. The second kappa shape index (κ2) is 11.1. The topological polar surface area (TPSA) is 37.4 Å². The molecule has 0 unspecified atom stereocenters. The molecule has 0 aliphatic heterocycles. The molecule has 0 atom stereocenters. The van der Waals surface area contributed by atoms with E-state index in [1.54, 1.807) is 24.3 Å². The molecule has 31 heavy (non-hydrogen) atoms. The van der Waals surface area contributed by atoms with E-state index in [9.17, 15) is 9.59 Å². The third-order valence-electron chi connectivity index (χ3n) is 5.55. The van der Waals surface area contributed by atoms with Crippen LogP contribution in [0.2, 0.25) is 0 Å². The van der Waals surface area contributed by atoms with E-state index in [1.165, 1.54) is 36.5 Å². The molecule has 3 nitrogen and oxygen atoms in total. The first kappa shape index (κ1) is 24.7. The zero-order chi connectivity index (χ0) is 23.0. The molecule has 2 rings (SSSR count). The van der Waals surface area contributed by atoms with Crippen molar-refractivity contribution in [2.24, 2.45) is 5.41 Å². The Balaban J connectivity index is 2.08. The lowest BCUT2D eigenvalue weighted by Crippen LogP contribution is -2.31. The molecular formula is C27H33NO2S. The van der Waals surface area contributed by atoms with Crippen LogP contribution in [0.25, 0.3) is 0 Å². The quantitative estimate of drug-likeness (QED) is 0.284. The first-order chi connectivity index (χ1) is 14.6. The summed E-state index contributed by atoms with van der Waals surface area (Å²) in [6.45, 7) is 10.8. The fourth-order valence-corrected chi connectivity index (χ4v) is 4.06. The molecule has 0 bridgehead atoms. The van der Waals surface area contributed by atoms with Crippen molar-refractivity contribution in [3.8, 4) is 0 Å². The maximum Gasteiger partial charge on any atom is 0.290 e. The van der Waals surface area contributed by atoms with E-state index in [0.29, 0.717) is 5.69 Å². The summed E-state index contributed by atoms with van der Waals surface area (Å²) in [5.74, 6) is -0.420. The van der Waals surface area contributed by atoms with E-state index in [-0.39, 0.29) is 5.41 Å². The Hall–Kier alpha value is -2.59. The monoisotopic (exact) mass is 435 g/mol. The van der Waals surface area contributed by atoms with Crippen LogP contribution in [0.3, 0.4) is 0 Å². The highest BCUT2D eigenvalue weighted by Crippen LogP contribution is 2.40. The largest absolute Gasteiger partial charge is 0.290 e. The van der Waals surface area contributed by atoms with Gasteiger partial charge in [0, 0.05) is 6.08 Å². The number of carbonyl (C=O) groups excluding carboxylic acids is 2. The molecule has 1 aliphatic rings. The molecule has 0 saturated heterocycles. The van der Waals surface area contributed by atoms with Gasteiger partial charge in [-0.3, -0.25) is 9.59 Å². The molecule has 164 valence electrons. The number of amides is 2. The lowest BCUT2D eigenvalue weighted by Gasteiger charge is -2.32. The number of allylic oxidation sites excluding steroid dienone is 9. The van der Waals surface area contributed by atoms with Gasteiger partial charge in [-0.15, -0.1) is 0 Å².